The molecule has 0 saturated carbocycles. The molecular formula is C9H9N3O2. The number of anilines is 1. The zero-order valence-electron chi connectivity index (χ0n) is 7.60. The van der Waals surface area contributed by atoms with Crippen LogP contribution in [-0.2, 0) is 0 Å². The highest BCUT2D eigenvalue weighted by Gasteiger charge is 2.10. The fraction of sp³-hybridized carbons (Fsp3) is 0.111. The normalized spacial score (nSPS) is 10.1. The Morgan fingerprint density at radius 3 is 2.79 bits per heavy atom. The molecule has 2 aromatic rings. The Bertz CT molecular complexity index is 439. The topological polar surface area (TPSA) is 74.2 Å². The third kappa shape index (κ3) is 1.39. The smallest absolute Gasteiger partial charge is 0.354 e. The summed E-state index contributed by atoms with van der Waals surface area (Å²) in [5, 5.41) is 3.59. The number of nitrogen functional groups attached to an aromatic ring is 1. The van der Waals surface area contributed by atoms with Crippen molar-refractivity contribution in [3.05, 3.63) is 24.3 Å². The van der Waals surface area contributed by atoms with Crippen LogP contribution < -0.4 is 10.5 Å². The molecule has 0 amide bonds. The zero-order valence-corrected chi connectivity index (χ0v) is 7.60. The van der Waals surface area contributed by atoms with E-state index in [1.165, 1.54) is 7.11 Å². The Hall–Kier alpha value is -2.04. The molecule has 0 aliphatic carbocycles. The zero-order chi connectivity index (χ0) is 9.97. The van der Waals surface area contributed by atoms with Crippen LogP contribution in [0.1, 0.15) is 0 Å². The summed E-state index contributed by atoms with van der Waals surface area (Å²) in [4.78, 5) is 3.98. The van der Waals surface area contributed by atoms with Crippen molar-refractivity contribution in [2.24, 2.45) is 0 Å². The van der Waals surface area contributed by atoms with Crippen molar-refractivity contribution in [3.8, 4) is 17.5 Å². The van der Waals surface area contributed by atoms with Crippen LogP contribution in [0.4, 0.5) is 5.69 Å². The average molecular weight is 191 g/mol. The van der Waals surface area contributed by atoms with E-state index >= 15 is 0 Å². The molecular weight excluding hydrogens is 182 g/mol. The number of para-hydroxylation sites is 1. The van der Waals surface area contributed by atoms with Gasteiger partial charge in [0.1, 0.15) is 0 Å². The van der Waals surface area contributed by atoms with E-state index in [-0.39, 0.29) is 6.01 Å². The van der Waals surface area contributed by atoms with Gasteiger partial charge in [0, 0.05) is 5.69 Å². The van der Waals surface area contributed by atoms with Gasteiger partial charge < -0.3 is 15.0 Å². The van der Waals surface area contributed by atoms with Gasteiger partial charge >= 0.3 is 6.01 Å². The Morgan fingerprint density at radius 1 is 1.36 bits per heavy atom. The van der Waals surface area contributed by atoms with Crippen molar-refractivity contribution in [3.63, 3.8) is 0 Å². The van der Waals surface area contributed by atoms with Gasteiger partial charge in [-0.15, -0.1) is 0 Å². The molecule has 0 saturated heterocycles. The number of hydrogen-bond donors (Lipinski definition) is 1. The summed E-state index contributed by atoms with van der Waals surface area (Å²) in [6.45, 7) is 0. The minimum Gasteiger partial charge on any atom is -0.465 e. The van der Waals surface area contributed by atoms with Crippen molar-refractivity contribution in [2.75, 3.05) is 12.8 Å². The second kappa shape index (κ2) is 3.37. The Balaban J connectivity index is 2.44. The van der Waals surface area contributed by atoms with E-state index in [0.717, 1.165) is 0 Å². The predicted octanol–water partition coefficient (Wildman–Crippen LogP) is 1.33. The summed E-state index contributed by atoms with van der Waals surface area (Å²) in [6, 6.07) is 7.46. The summed E-state index contributed by atoms with van der Waals surface area (Å²) < 4.78 is 9.76. The van der Waals surface area contributed by atoms with Crippen LogP contribution in [0.15, 0.2) is 28.8 Å². The summed E-state index contributed by atoms with van der Waals surface area (Å²) in [6.07, 6.45) is 0. The first-order valence-corrected chi connectivity index (χ1v) is 4.04. The molecule has 1 aromatic carbocycles. The van der Waals surface area contributed by atoms with Gasteiger partial charge in [-0.2, -0.15) is 4.98 Å². The highest BCUT2D eigenvalue weighted by atomic mass is 16.5. The van der Waals surface area contributed by atoms with Crippen LogP contribution in [0.2, 0.25) is 0 Å². The van der Waals surface area contributed by atoms with E-state index in [2.05, 4.69) is 10.1 Å². The van der Waals surface area contributed by atoms with Gasteiger partial charge in [-0.3, -0.25) is 0 Å². The molecule has 0 aliphatic heterocycles. The maximum absolute atomic E-state index is 5.73. The standard InChI is InChI=1S/C9H9N3O2/c1-13-9-11-8(14-12-9)6-4-2-3-5-7(6)10/h2-5H,10H2,1H3. The van der Waals surface area contributed by atoms with Crippen molar-refractivity contribution in [2.45, 2.75) is 0 Å². The number of hydrogen-bond acceptors (Lipinski definition) is 5. The lowest BCUT2D eigenvalue weighted by Gasteiger charge is -1.97. The third-order valence-corrected chi connectivity index (χ3v) is 1.78. The lowest BCUT2D eigenvalue weighted by atomic mass is 10.2. The number of aromatic nitrogens is 2. The summed E-state index contributed by atoms with van der Waals surface area (Å²) in [7, 11) is 1.48. The van der Waals surface area contributed by atoms with E-state index in [4.69, 9.17) is 15.0 Å². The van der Waals surface area contributed by atoms with Gasteiger partial charge in [0.15, 0.2) is 0 Å². The largest absolute Gasteiger partial charge is 0.465 e. The SMILES string of the molecule is COc1noc(-c2ccccc2N)n1. The molecule has 1 aromatic heterocycles. The van der Waals surface area contributed by atoms with Crippen LogP contribution in [0, 0.1) is 0 Å². The number of methoxy groups -OCH3 is 1. The van der Waals surface area contributed by atoms with Crippen molar-refractivity contribution in [1.29, 1.82) is 0 Å². The Morgan fingerprint density at radius 2 is 2.14 bits per heavy atom. The van der Waals surface area contributed by atoms with Crippen LogP contribution in [0.3, 0.4) is 0 Å². The average Bonchev–Trinajstić information content (AvgIpc) is 2.67. The van der Waals surface area contributed by atoms with Gasteiger partial charge in [-0.05, 0) is 17.3 Å². The van der Waals surface area contributed by atoms with Gasteiger partial charge in [0.2, 0.25) is 0 Å². The molecule has 72 valence electrons. The molecule has 2 rings (SSSR count). The quantitative estimate of drug-likeness (QED) is 0.725. The van der Waals surface area contributed by atoms with Crippen molar-refractivity contribution < 1.29 is 9.26 Å². The first-order valence-electron chi connectivity index (χ1n) is 4.04. The summed E-state index contributed by atoms with van der Waals surface area (Å²) >= 11 is 0. The highest BCUT2D eigenvalue weighted by molar-refractivity contribution is 5.69. The Labute approximate surface area is 80.5 Å². The molecule has 0 spiro atoms. The molecule has 1 heterocycles. The maximum atomic E-state index is 5.73. The molecule has 0 aliphatic rings. The van der Waals surface area contributed by atoms with Gasteiger partial charge in [0.25, 0.3) is 5.89 Å². The molecule has 0 unspecified atom stereocenters. The minimum absolute atomic E-state index is 0.197. The van der Waals surface area contributed by atoms with Crippen LogP contribution in [0.25, 0.3) is 11.5 Å². The van der Waals surface area contributed by atoms with Gasteiger partial charge in [0.05, 0.1) is 12.7 Å². The second-order valence-corrected chi connectivity index (χ2v) is 2.67. The van der Waals surface area contributed by atoms with Crippen LogP contribution in [0.5, 0.6) is 6.01 Å². The van der Waals surface area contributed by atoms with Gasteiger partial charge in [-0.25, -0.2) is 0 Å². The molecule has 2 N–H and O–H groups in total. The first-order chi connectivity index (χ1) is 6.81. The number of nitrogens with zero attached hydrogens (tertiary/aromatic N) is 2. The lowest BCUT2D eigenvalue weighted by Crippen LogP contribution is -1.89. The molecule has 0 radical (unpaired) electrons. The first kappa shape index (κ1) is 8.55. The van der Waals surface area contributed by atoms with E-state index in [9.17, 15) is 0 Å². The molecule has 0 bridgehead atoms. The monoisotopic (exact) mass is 191 g/mol. The van der Waals surface area contributed by atoms with Crippen molar-refractivity contribution >= 4 is 5.69 Å². The maximum Gasteiger partial charge on any atom is 0.354 e. The minimum atomic E-state index is 0.197. The fourth-order valence-corrected chi connectivity index (χ4v) is 1.09. The lowest BCUT2D eigenvalue weighted by molar-refractivity contribution is 0.339. The van der Waals surface area contributed by atoms with E-state index < -0.39 is 0 Å². The fourth-order valence-electron chi connectivity index (χ4n) is 1.09. The van der Waals surface area contributed by atoms with Gasteiger partial charge in [-0.1, -0.05) is 12.1 Å². The molecule has 0 atom stereocenters. The molecule has 5 nitrogen and oxygen atoms in total. The van der Waals surface area contributed by atoms with Crippen molar-refractivity contribution in [1.82, 2.24) is 10.1 Å². The van der Waals surface area contributed by atoms with Crippen LogP contribution >= 0.6 is 0 Å². The molecule has 14 heavy (non-hydrogen) atoms. The molecule has 0 fully saturated rings. The number of benzene rings is 1. The van der Waals surface area contributed by atoms with Crippen LogP contribution in [-0.4, -0.2) is 17.3 Å². The Kier molecular flexibility index (Phi) is 2.06. The van der Waals surface area contributed by atoms with E-state index in [1.54, 1.807) is 6.07 Å². The molecule has 5 heteroatoms. The number of ether oxygens (including phenoxy) is 1. The van der Waals surface area contributed by atoms with E-state index in [0.29, 0.717) is 17.1 Å². The van der Waals surface area contributed by atoms with E-state index in [1.807, 2.05) is 18.2 Å². The summed E-state index contributed by atoms with van der Waals surface area (Å²) in [5.74, 6) is 0.361. The third-order valence-electron chi connectivity index (χ3n) is 1.78. The number of rotatable bonds is 2. The number of nitrogens with two attached hydrogens (primary N) is 1. The highest BCUT2D eigenvalue weighted by Crippen LogP contribution is 2.24. The summed E-state index contributed by atoms with van der Waals surface area (Å²) in [5.41, 5.74) is 7.04. The second-order valence-electron chi connectivity index (χ2n) is 2.67. The predicted molar refractivity (Wildman–Crippen MR) is 50.7 cm³/mol.